The molecule has 0 radical (unpaired) electrons. The first-order valence-corrected chi connectivity index (χ1v) is 15.5. The molecule has 2 bridgehead atoms. The molecule has 4 heteroatoms. The average molecular weight is 561 g/mol. The SMILES string of the molecule is C[C@@H]1CC2C[C@H](C)CC(c3ccc(-c4ccc(-c5nc(-c6ccccc6)nc(-c6ccc(C#N)cc6)n5)cc4)cc3)(C2)C1. The van der Waals surface area contributed by atoms with E-state index in [0.29, 0.717) is 28.5 Å². The molecule has 2 fully saturated rings. The van der Waals surface area contributed by atoms with Crippen molar-refractivity contribution in [1.82, 2.24) is 15.0 Å². The predicted octanol–water partition coefficient (Wildman–Crippen LogP) is 9.52. The number of hydrogen-bond donors (Lipinski definition) is 0. The summed E-state index contributed by atoms with van der Waals surface area (Å²) >= 11 is 0. The van der Waals surface area contributed by atoms with Crippen LogP contribution in [0.5, 0.6) is 0 Å². The molecule has 0 saturated heterocycles. The minimum absolute atomic E-state index is 0.351. The van der Waals surface area contributed by atoms with Gasteiger partial charge >= 0.3 is 0 Å². The van der Waals surface area contributed by atoms with Gasteiger partial charge in [-0.15, -0.1) is 0 Å². The number of benzene rings is 4. The summed E-state index contributed by atoms with van der Waals surface area (Å²) in [5.74, 6) is 4.35. The highest BCUT2D eigenvalue weighted by Gasteiger charge is 2.45. The van der Waals surface area contributed by atoms with E-state index in [2.05, 4.69) is 68.4 Å². The van der Waals surface area contributed by atoms with Crippen molar-refractivity contribution in [2.75, 3.05) is 0 Å². The van der Waals surface area contributed by atoms with Crippen LogP contribution >= 0.6 is 0 Å². The number of aromatic nitrogens is 3. The molecule has 43 heavy (non-hydrogen) atoms. The molecule has 4 nitrogen and oxygen atoms in total. The molecule has 2 unspecified atom stereocenters. The van der Waals surface area contributed by atoms with E-state index >= 15 is 0 Å². The Hall–Kier alpha value is -4.62. The monoisotopic (exact) mass is 560 g/mol. The molecule has 5 aromatic rings. The summed E-state index contributed by atoms with van der Waals surface area (Å²) in [4.78, 5) is 14.5. The van der Waals surface area contributed by atoms with Gasteiger partial charge in [0.15, 0.2) is 17.5 Å². The fourth-order valence-corrected chi connectivity index (χ4v) is 7.93. The van der Waals surface area contributed by atoms with Crippen LogP contribution in [0.25, 0.3) is 45.3 Å². The van der Waals surface area contributed by atoms with Crippen LogP contribution in [0.3, 0.4) is 0 Å². The Balaban J connectivity index is 1.19. The van der Waals surface area contributed by atoms with Gasteiger partial charge in [-0.3, -0.25) is 0 Å². The topological polar surface area (TPSA) is 62.5 Å². The van der Waals surface area contributed by atoms with Crippen LogP contribution in [0.2, 0.25) is 0 Å². The van der Waals surface area contributed by atoms with E-state index in [4.69, 9.17) is 15.0 Å². The molecule has 0 amide bonds. The van der Waals surface area contributed by atoms with Crippen LogP contribution in [0, 0.1) is 29.1 Å². The predicted molar refractivity (Wildman–Crippen MR) is 173 cm³/mol. The molecule has 2 saturated carbocycles. The van der Waals surface area contributed by atoms with E-state index in [1.807, 2.05) is 42.5 Å². The first-order valence-electron chi connectivity index (χ1n) is 15.5. The van der Waals surface area contributed by atoms with Gasteiger partial charge in [-0.25, -0.2) is 15.0 Å². The second-order valence-corrected chi connectivity index (χ2v) is 13.0. The smallest absolute Gasteiger partial charge is 0.164 e. The minimum Gasteiger partial charge on any atom is -0.208 e. The van der Waals surface area contributed by atoms with E-state index in [9.17, 15) is 5.26 Å². The van der Waals surface area contributed by atoms with Gasteiger partial charge in [-0.05, 0) is 96.2 Å². The molecular formula is C39H36N4. The lowest BCUT2D eigenvalue weighted by Crippen LogP contribution is -2.42. The fourth-order valence-electron chi connectivity index (χ4n) is 7.93. The number of nitriles is 1. The fraction of sp³-hybridized carbons (Fsp3) is 0.282. The summed E-state index contributed by atoms with van der Waals surface area (Å²) in [5.41, 5.74) is 7.63. The first-order chi connectivity index (χ1) is 21.0. The van der Waals surface area contributed by atoms with Crippen molar-refractivity contribution in [3.8, 4) is 51.4 Å². The standard InChI is InChI=1S/C39H36N4/c1-26-20-29-21-27(2)23-39(22-26,24-29)35-18-16-31(17-19-35)30-12-14-34(15-13-30)38-42-36(32-6-4-3-5-7-32)41-37(43-38)33-10-8-28(25-40)9-11-33/h3-19,26-27,29H,20-24H2,1-2H3/t26-,27+,29?,39?. The lowest BCUT2D eigenvalue weighted by molar-refractivity contribution is 0.0780. The molecule has 0 spiro atoms. The Morgan fingerprint density at radius 3 is 1.51 bits per heavy atom. The Morgan fingerprint density at radius 2 is 1.00 bits per heavy atom. The van der Waals surface area contributed by atoms with E-state index < -0.39 is 0 Å². The maximum atomic E-state index is 9.22. The number of fused-ring (bicyclic) bond motifs is 2. The molecule has 4 aromatic carbocycles. The molecular weight excluding hydrogens is 524 g/mol. The normalized spacial score (nSPS) is 23.0. The molecule has 7 rings (SSSR count). The van der Waals surface area contributed by atoms with E-state index in [1.165, 1.54) is 48.8 Å². The van der Waals surface area contributed by atoms with Gasteiger partial charge in [0, 0.05) is 16.7 Å². The van der Waals surface area contributed by atoms with Crippen molar-refractivity contribution in [2.24, 2.45) is 17.8 Å². The molecule has 2 aliphatic rings. The van der Waals surface area contributed by atoms with Crippen LogP contribution in [-0.2, 0) is 5.41 Å². The second-order valence-electron chi connectivity index (χ2n) is 13.0. The Labute approximate surface area is 254 Å². The molecule has 0 N–H and O–H groups in total. The van der Waals surface area contributed by atoms with Crippen molar-refractivity contribution >= 4 is 0 Å². The van der Waals surface area contributed by atoms with Crippen molar-refractivity contribution < 1.29 is 0 Å². The molecule has 212 valence electrons. The van der Waals surface area contributed by atoms with Gasteiger partial charge in [0.05, 0.1) is 11.6 Å². The largest absolute Gasteiger partial charge is 0.208 e. The summed E-state index contributed by atoms with van der Waals surface area (Å²) < 4.78 is 0. The molecule has 1 aromatic heterocycles. The zero-order valence-corrected chi connectivity index (χ0v) is 24.9. The maximum Gasteiger partial charge on any atom is 0.164 e. The van der Waals surface area contributed by atoms with E-state index in [0.717, 1.165) is 34.4 Å². The van der Waals surface area contributed by atoms with Crippen LogP contribution < -0.4 is 0 Å². The third kappa shape index (κ3) is 5.48. The van der Waals surface area contributed by atoms with Crippen LogP contribution in [-0.4, -0.2) is 15.0 Å². The van der Waals surface area contributed by atoms with Gasteiger partial charge in [-0.2, -0.15) is 5.26 Å². The Kier molecular flexibility index (Phi) is 7.11. The molecule has 1 heterocycles. The highest BCUT2D eigenvalue weighted by molar-refractivity contribution is 5.70. The van der Waals surface area contributed by atoms with Gasteiger partial charge in [-0.1, -0.05) is 92.7 Å². The third-order valence-corrected chi connectivity index (χ3v) is 9.54. The molecule has 4 atom stereocenters. The van der Waals surface area contributed by atoms with Crippen molar-refractivity contribution in [2.45, 2.75) is 51.4 Å². The second kappa shape index (κ2) is 11.2. The van der Waals surface area contributed by atoms with E-state index in [-0.39, 0.29) is 0 Å². The zero-order valence-electron chi connectivity index (χ0n) is 24.9. The summed E-state index contributed by atoms with van der Waals surface area (Å²) in [7, 11) is 0. The van der Waals surface area contributed by atoms with Gasteiger partial charge in [0.2, 0.25) is 0 Å². The van der Waals surface area contributed by atoms with E-state index in [1.54, 1.807) is 12.1 Å². The average Bonchev–Trinajstić information content (AvgIpc) is 3.04. The van der Waals surface area contributed by atoms with Crippen molar-refractivity contribution in [3.63, 3.8) is 0 Å². The number of hydrogen-bond acceptors (Lipinski definition) is 4. The summed E-state index contributed by atoms with van der Waals surface area (Å²) in [6, 6.07) is 37.5. The van der Waals surface area contributed by atoms with Gasteiger partial charge in [0.1, 0.15) is 0 Å². The van der Waals surface area contributed by atoms with Crippen LogP contribution in [0.1, 0.15) is 57.1 Å². The number of rotatable bonds is 5. The first kappa shape index (κ1) is 27.2. The van der Waals surface area contributed by atoms with Gasteiger partial charge < -0.3 is 0 Å². The van der Waals surface area contributed by atoms with Crippen LogP contribution in [0.4, 0.5) is 0 Å². The summed E-state index contributed by atoms with van der Waals surface area (Å²) in [6.07, 6.45) is 6.81. The third-order valence-electron chi connectivity index (χ3n) is 9.54. The number of nitrogens with zero attached hydrogens (tertiary/aromatic N) is 4. The van der Waals surface area contributed by atoms with Crippen molar-refractivity contribution in [3.05, 3.63) is 114 Å². The lowest BCUT2D eigenvalue weighted by Gasteiger charge is -2.50. The summed E-state index contributed by atoms with van der Waals surface area (Å²) in [5, 5.41) is 9.22. The highest BCUT2D eigenvalue weighted by atomic mass is 15.0. The highest BCUT2D eigenvalue weighted by Crippen LogP contribution is 2.54. The molecule has 2 aliphatic carbocycles. The molecule has 0 aliphatic heterocycles. The quantitative estimate of drug-likeness (QED) is 0.215. The van der Waals surface area contributed by atoms with Gasteiger partial charge in [0.25, 0.3) is 0 Å². The van der Waals surface area contributed by atoms with Crippen LogP contribution in [0.15, 0.2) is 103 Å². The Morgan fingerprint density at radius 1 is 0.558 bits per heavy atom. The summed E-state index contributed by atoms with van der Waals surface area (Å²) in [6.45, 7) is 4.91. The maximum absolute atomic E-state index is 9.22. The zero-order chi connectivity index (χ0) is 29.4. The Bertz CT molecular complexity index is 1750. The van der Waals surface area contributed by atoms with Crippen molar-refractivity contribution in [1.29, 1.82) is 5.26 Å². The minimum atomic E-state index is 0.351. The lowest BCUT2D eigenvalue weighted by atomic mass is 9.54.